The van der Waals surface area contributed by atoms with Crippen molar-refractivity contribution in [3.8, 4) is 22.7 Å². The van der Waals surface area contributed by atoms with Crippen molar-refractivity contribution in [2.24, 2.45) is 0 Å². The maximum absolute atomic E-state index is 11.6. The second-order valence-corrected chi connectivity index (χ2v) is 8.56. The van der Waals surface area contributed by atoms with E-state index in [1.807, 2.05) is 48.5 Å². The number of benzene rings is 3. The molecule has 4 aromatic rings. The molecule has 0 radical (unpaired) electrons. The number of thiocarbonyl (C=S) groups is 1. The Hall–Kier alpha value is -3.39. The lowest BCUT2D eigenvalue weighted by Crippen LogP contribution is -2.21. The van der Waals surface area contributed by atoms with Crippen molar-refractivity contribution in [2.75, 3.05) is 7.11 Å². The minimum absolute atomic E-state index is 0.0816. The van der Waals surface area contributed by atoms with Gasteiger partial charge in [-0.2, -0.15) is 5.10 Å². The van der Waals surface area contributed by atoms with Crippen LogP contribution in [-0.4, -0.2) is 33.0 Å². The van der Waals surface area contributed by atoms with Crippen LogP contribution in [0.2, 0.25) is 10.0 Å². The van der Waals surface area contributed by atoms with Crippen molar-refractivity contribution >= 4 is 46.4 Å². The van der Waals surface area contributed by atoms with Crippen LogP contribution in [0.4, 0.5) is 0 Å². The maximum atomic E-state index is 11.6. The molecule has 0 amide bonds. The highest BCUT2D eigenvalue weighted by atomic mass is 35.5. The molecule has 0 aliphatic rings. The van der Waals surface area contributed by atoms with Crippen LogP contribution in [0.3, 0.4) is 0 Å². The number of ether oxygens (including phenoxy) is 1. The van der Waals surface area contributed by atoms with Crippen molar-refractivity contribution in [2.45, 2.75) is 6.54 Å². The molecular weight excluding hydrogens is 493 g/mol. The fourth-order valence-corrected chi connectivity index (χ4v) is 3.83. The molecule has 1 aromatic heterocycles. The first-order valence-electron chi connectivity index (χ1n) is 10.2. The van der Waals surface area contributed by atoms with Crippen LogP contribution in [-0.2, 0) is 6.54 Å². The van der Waals surface area contributed by atoms with Gasteiger partial charge in [-0.1, -0.05) is 71.8 Å². The summed E-state index contributed by atoms with van der Waals surface area (Å²) in [5.41, 5.74) is 3.80. The Morgan fingerprint density at radius 3 is 2.35 bits per heavy atom. The average molecular weight is 512 g/mol. The van der Waals surface area contributed by atoms with Crippen LogP contribution in [0, 0.1) is 0 Å². The van der Waals surface area contributed by atoms with Crippen LogP contribution in [0.5, 0.6) is 5.75 Å². The van der Waals surface area contributed by atoms with Crippen molar-refractivity contribution in [3.63, 3.8) is 0 Å². The molecule has 0 aliphatic carbocycles. The summed E-state index contributed by atoms with van der Waals surface area (Å²) in [5, 5.41) is 17.7. The zero-order valence-corrected chi connectivity index (χ0v) is 20.3. The number of halogens is 2. The molecule has 172 valence electrons. The normalized spacial score (nSPS) is 10.7. The lowest BCUT2D eigenvalue weighted by molar-refractivity contribution is 0.0690. The molecule has 4 rings (SSSR count). The van der Waals surface area contributed by atoms with Gasteiger partial charge in [-0.05, 0) is 42.0 Å². The number of carbonyl (C=O) groups is 1. The molecule has 3 aromatic carbocycles. The Kier molecular flexibility index (Phi) is 7.17. The Morgan fingerprint density at radius 1 is 1.03 bits per heavy atom. The topological polar surface area (TPSA) is 76.4 Å². The molecule has 0 spiro atoms. The van der Waals surface area contributed by atoms with Crippen molar-refractivity contribution in [3.05, 3.63) is 99.7 Å². The fraction of sp³-hybridized carbons (Fsp3) is 0.0800. The van der Waals surface area contributed by atoms with Crippen molar-refractivity contribution < 1.29 is 14.6 Å². The van der Waals surface area contributed by atoms with E-state index in [0.29, 0.717) is 33.0 Å². The Morgan fingerprint density at radius 2 is 1.74 bits per heavy atom. The van der Waals surface area contributed by atoms with Crippen molar-refractivity contribution in [1.29, 1.82) is 0 Å². The second kappa shape index (κ2) is 10.3. The number of carboxylic acid groups (broad SMARTS) is 1. The quantitative estimate of drug-likeness (QED) is 0.295. The molecular formula is C25H19Cl2N3O3S. The lowest BCUT2D eigenvalue weighted by Gasteiger charge is -2.11. The molecule has 0 bridgehead atoms. The minimum atomic E-state index is -1.12. The molecule has 0 atom stereocenters. The first kappa shape index (κ1) is 23.8. The third kappa shape index (κ3) is 5.22. The highest BCUT2D eigenvalue weighted by Crippen LogP contribution is 2.29. The van der Waals surface area contributed by atoms with Gasteiger partial charge in [0.15, 0.2) is 5.69 Å². The molecule has 0 saturated heterocycles. The van der Waals surface area contributed by atoms with Gasteiger partial charge in [0.05, 0.1) is 28.5 Å². The number of nitrogens with zero attached hydrogens (tertiary/aromatic N) is 2. The summed E-state index contributed by atoms with van der Waals surface area (Å²) in [6.45, 7) is 0.580. The van der Waals surface area contributed by atoms with E-state index in [9.17, 15) is 9.90 Å². The summed E-state index contributed by atoms with van der Waals surface area (Å²) in [7, 11) is 1.63. The number of aromatic carboxylic acids is 1. The molecule has 34 heavy (non-hydrogen) atoms. The lowest BCUT2D eigenvalue weighted by atomic mass is 10.1. The van der Waals surface area contributed by atoms with E-state index in [4.69, 9.17) is 40.2 Å². The summed E-state index contributed by atoms with van der Waals surface area (Å²) >= 11 is 17.7. The SMILES string of the molecule is COc1ccc(CNC(=S)c2ccc(-c3cc(C(=O)O)nn3-c3ccc(Cl)c(Cl)c3)cc2)cc1. The van der Waals surface area contributed by atoms with Crippen LogP contribution in [0.1, 0.15) is 21.6 Å². The van der Waals surface area contributed by atoms with Crippen LogP contribution in [0.15, 0.2) is 72.8 Å². The average Bonchev–Trinajstić information content (AvgIpc) is 3.30. The summed E-state index contributed by atoms with van der Waals surface area (Å²) in [6, 6.07) is 21.8. The molecule has 0 fully saturated rings. The third-order valence-electron chi connectivity index (χ3n) is 5.13. The number of methoxy groups -OCH3 is 1. The highest BCUT2D eigenvalue weighted by molar-refractivity contribution is 7.80. The Labute approximate surface area is 211 Å². The monoisotopic (exact) mass is 511 g/mol. The summed E-state index contributed by atoms with van der Waals surface area (Å²) in [6.07, 6.45) is 0. The van der Waals surface area contributed by atoms with E-state index in [1.165, 1.54) is 10.7 Å². The van der Waals surface area contributed by atoms with Gasteiger partial charge in [0.2, 0.25) is 0 Å². The van der Waals surface area contributed by atoms with E-state index >= 15 is 0 Å². The number of hydrogen-bond acceptors (Lipinski definition) is 4. The van der Waals surface area contributed by atoms with Crippen molar-refractivity contribution in [1.82, 2.24) is 15.1 Å². The van der Waals surface area contributed by atoms with Gasteiger partial charge >= 0.3 is 5.97 Å². The Bertz CT molecular complexity index is 1350. The van der Waals surface area contributed by atoms with E-state index in [1.54, 1.807) is 25.3 Å². The summed E-state index contributed by atoms with van der Waals surface area (Å²) < 4.78 is 6.71. The zero-order valence-electron chi connectivity index (χ0n) is 18.0. The van der Waals surface area contributed by atoms with Gasteiger partial charge < -0.3 is 15.2 Å². The summed E-state index contributed by atoms with van der Waals surface area (Å²) in [5.74, 6) is -0.325. The molecule has 0 saturated carbocycles. The van der Waals surface area contributed by atoms with Gasteiger partial charge in [-0.3, -0.25) is 0 Å². The minimum Gasteiger partial charge on any atom is -0.497 e. The van der Waals surface area contributed by atoms with Gasteiger partial charge in [-0.15, -0.1) is 0 Å². The van der Waals surface area contributed by atoms with Gasteiger partial charge in [0.25, 0.3) is 0 Å². The van der Waals surface area contributed by atoms with Crippen LogP contribution in [0.25, 0.3) is 16.9 Å². The molecule has 9 heteroatoms. The Balaban J connectivity index is 1.56. The molecule has 0 aliphatic heterocycles. The zero-order chi connectivity index (χ0) is 24.2. The number of carboxylic acids is 1. The first-order valence-corrected chi connectivity index (χ1v) is 11.3. The van der Waals surface area contributed by atoms with Gasteiger partial charge in [-0.25, -0.2) is 9.48 Å². The molecule has 6 nitrogen and oxygen atoms in total. The van der Waals surface area contributed by atoms with E-state index in [2.05, 4.69) is 10.4 Å². The van der Waals surface area contributed by atoms with Gasteiger partial charge in [0.1, 0.15) is 10.7 Å². The predicted octanol–water partition coefficient (Wildman–Crippen LogP) is 6.02. The van der Waals surface area contributed by atoms with Crippen LogP contribution < -0.4 is 10.1 Å². The number of nitrogens with one attached hydrogen (secondary N) is 1. The second-order valence-electron chi connectivity index (χ2n) is 7.34. The van der Waals surface area contributed by atoms with E-state index < -0.39 is 5.97 Å². The number of rotatable bonds is 7. The number of aromatic nitrogens is 2. The van der Waals surface area contributed by atoms with E-state index in [-0.39, 0.29) is 5.69 Å². The smallest absolute Gasteiger partial charge is 0.356 e. The van der Waals surface area contributed by atoms with Gasteiger partial charge in [0, 0.05) is 17.7 Å². The maximum Gasteiger partial charge on any atom is 0.356 e. The molecule has 0 unspecified atom stereocenters. The fourth-order valence-electron chi connectivity index (χ4n) is 3.33. The predicted molar refractivity (Wildman–Crippen MR) is 138 cm³/mol. The largest absolute Gasteiger partial charge is 0.497 e. The first-order chi connectivity index (χ1) is 16.4. The highest BCUT2D eigenvalue weighted by Gasteiger charge is 2.17. The third-order valence-corrected chi connectivity index (χ3v) is 6.25. The number of hydrogen-bond donors (Lipinski definition) is 2. The summed E-state index contributed by atoms with van der Waals surface area (Å²) in [4.78, 5) is 12.2. The van der Waals surface area contributed by atoms with Crippen LogP contribution >= 0.6 is 35.4 Å². The molecule has 2 N–H and O–H groups in total. The van der Waals surface area contributed by atoms with E-state index in [0.717, 1.165) is 22.4 Å². The molecule has 1 heterocycles. The standard InChI is InChI=1S/C25H19Cl2N3O3S/c1-33-19-9-2-15(3-10-19)14-28-24(34)17-6-4-16(5-7-17)23-13-22(25(31)32)29-30(23)18-8-11-20(26)21(27)12-18/h2-13H,14H2,1H3,(H,28,34)(H,31,32).